The SMILES string of the molecule is CCNC(=NCc1oc2ccccc2c1C)NCC(C)(C)C(N)=O.I. The number of fused-ring (bicyclic) bond motifs is 1. The summed E-state index contributed by atoms with van der Waals surface area (Å²) in [7, 11) is 0. The van der Waals surface area contributed by atoms with Crippen LogP contribution in [0.2, 0.25) is 0 Å². The summed E-state index contributed by atoms with van der Waals surface area (Å²) < 4.78 is 5.87. The van der Waals surface area contributed by atoms with Gasteiger partial charge in [-0.15, -0.1) is 24.0 Å². The molecule has 7 heteroatoms. The number of aliphatic imine (C=N–C) groups is 1. The lowest BCUT2D eigenvalue weighted by Gasteiger charge is -2.22. The fourth-order valence-corrected chi connectivity index (χ4v) is 2.26. The molecular weight excluding hydrogens is 431 g/mol. The first-order valence-electron chi connectivity index (χ1n) is 8.14. The summed E-state index contributed by atoms with van der Waals surface area (Å²) in [5.41, 5.74) is 6.73. The van der Waals surface area contributed by atoms with Crippen LogP contribution >= 0.6 is 24.0 Å². The molecule has 1 amide bonds. The van der Waals surface area contributed by atoms with Crippen LogP contribution in [0, 0.1) is 12.3 Å². The number of benzene rings is 1. The molecule has 0 saturated carbocycles. The van der Waals surface area contributed by atoms with Gasteiger partial charge in [0.15, 0.2) is 5.96 Å². The number of nitrogens with two attached hydrogens (primary N) is 1. The van der Waals surface area contributed by atoms with Crippen molar-refractivity contribution in [3.63, 3.8) is 0 Å². The maximum atomic E-state index is 11.4. The molecule has 0 aliphatic rings. The Morgan fingerprint density at radius 2 is 1.96 bits per heavy atom. The van der Waals surface area contributed by atoms with Crippen LogP contribution in [-0.4, -0.2) is 25.0 Å². The predicted molar refractivity (Wildman–Crippen MR) is 112 cm³/mol. The van der Waals surface area contributed by atoms with E-state index < -0.39 is 5.41 Å². The van der Waals surface area contributed by atoms with E-state index in [9.17, 15) is 4.79 Å². The lowest BCUT2D eigenvalue weighted by atomic mass is 9.93. The van der Waals surface area contributed by atoms with Gasteiger partial charge >= 0.3 is 0 Å². The van der Waals surface area contributed by atoms with E-state index in [1.807, 2.05) is 38.1 Å². The number of para-hydroxylation sites is 1. The molecule has 0 spiro atoms. The summed E-state index contributed by atoms with van der Waals surface area (Å²) in [6.07, 6.45) is 0. The van der Waals surface area contributed by atoms with Crippen LogP contribution in [0.15, 0.2) is 33.7 Å². The number of hydrogen-bond donors (Lipinski definition) is 3. The Kier molecular flexibility index (Phi) is 7.72. The monoisotopic (exact) mass is 458 g/mol. The highest BCUT2D eigenvalue weighted by molar-refractivity contribution is 14.0. The first-order valence-corrected chi connectivity index (χ1v) is 8.14. The first kappa shape index (κ1) is 21.3. The highest BCUT2D eigenvalue weighted by atomic mass is 127. The number of carbonyl (C=O) groups is 1. The van der Waals surface area contributed by atoms with E-state index in [0.717, 1.165) is 28.8 Å². The van der Waals surface area contributed by atoms with Crippen LogP contribution in [0.3, 0.4) is 0 Å². The van der Waals surface area contributed by atoms with Gasteiger partial charge in [-0.25, -0.2) is 4.99 Å². The summed E-state index contributed by atoms with van der Waals surface area (Å²) >= 11 is 0. The number of nitrogens with zero attached hydrogens (tertiary/aromatic N) is 1. The number of halogens is 1. The number of hydrogen-bond acceptors (Lipinski definition) is 3. The normalized spacial score (nSPS) is 11.9. The summed E-state index contributed by atoms with van der Waals surface area (Å²) in [5.74, 6) is 1.12. The van der Waals surface area contributed by atoms with Crippen molar-refractivity contribution in [1.82, 2.24) is 10.6 Å². The second-order valence-electron chi connectivity index (χ2n) is 6.44. The van der Waals surface area contributed by atoms with Crippen LogP contribution < -0.4 is 16.4 Å². The zero-order chi connectivity index (χ0) is 17.7. The van der Waals surface area contributed by atoms with Crippen molar-refractivity contribution < 1.29 is 9.21 Å². The minimum absolute atomic E-state index is 0. The lowest BCUT2D eigenvalue weighted by Crippen LogP contribution is -2.46. The lowest BCUT2D eigenvalue weighted by molar-refractivity contribution is -0.125. The number of rotatable bonds is 6. The standard InChI is InChI=1S/C18H26N4O2.HI/c1-5-20-17(22-11-18(3,4)16(19)23)21-10-15-12(2)13-8-6-7-9-14(13)24-15;/h6-9H,5,10-11H2,1-4H3,(H2,19,23)(H2,20,21,22);1H. The Morgan fingerprint density at radius 1 is 1.28 bits per heavy atom. The maximum absolute atomic E-state index is 11.4. The van der Waals surface area contributed by atoms with Gasteiger partial charge in [-0.3, -0.25) is 4.79 Å². The zero-order valence-electron chi connectivity index (χ0n) is 15.2. The van der Waals surface area contributed by atoms with Gasteiger partial charge in [-0.1, -0.05) is 18.2 Å². The number of furan rings is 1. The molecule has 4 N–H and O–H groups in total. The topological polar surface area (TPSA) is 92.7 Å². The molecule has 1 heterocycles. The van der Waals surface area contributed by atoms with Gasteiger partial charge in [0.25, 0.3) is 0 Å². The minimum atomic E-state index is -0.647. The fraction of sp³-hybridized carbons (Fsp3) is 0.444. The molecule has 0 bridgehead atoms. The number of aryl methyl sites for hydroxylation is 1. The van der Waals surface area contributed by atoms with E-state index in [0.29, 0.717) is 19.0 Å². The third-order valence-electron chi connectivity index (χ3n) is 4.03. The first-order chi connectivity index (χ1) is 11.3. The second kappa shape index (κ2) is 9.07. The van der Waals surface area contributed by atoms with Crippen LogP contribution in [0.4, 0.5) is 0 Å². The smallest absolute Gasteiger partial charge is 0.224 e. The average molecular weight is 458 g/mol. The molecule has 2 aromatic rings. The molecule has 0 aliphatic heterocycles. The molecule has 2 rings (SSSR count). The summed E-state index contributed by atoms with van der Waals surface area (Å²) in [4.78, 5) is 16.0. The van der Waals surface area contributed by atoms with E-state index >= 15 is 0 Å². The molecule has 0 fully saturated rings. The highest BCUT2D eigenvalue weighted by Crippen LogP contribution is 2.25. The Hall–Kier alpha value is -1.77. The molecule has 0 saturated heterocycles. The number of amides is 1. The van der Waals surface area contributed by atoms with Crippen molar-refractivity contribution in [3.05, 3.63) is 35.6 Å². The van der Waals surface area contributed by atoms with E-state index in [4.69, 9.17) is 10.2 Å². The van der Waals surface area contributed by atoms with E-state index in [1.54, 1.807) is 13.8 Å². The van der Waals surface area contributed by atoms with Gasteiger partial charge in [0.05, 0.1) is 5.41 Å². The van der Waals surface area contributed by atoms with Gasteiger partial charge in [0.2, 0.25) is 5.91 Å². The second-order valence-corrected chi connectivity index (χ2v) is 6.44. The molecule has 1 aromatic heterocycles. The largest absolute Gasteiger partial charge is 0.459 e. The maximum Gasteiger partial charge on any atom is 0.224 e. The van der Waals surface area contributed by atoms with Crippen molar-refractivity contribution in [2.24, 2.45) is 16.1 Å². The summed E-state index contributed by atoms with van der Waals surface area (Å²) in [5, 5.41) is 7.43. The number of primary amides is 1. The number of guanidine groups is 1. The molecule has 1 aromatic carbocycles. The van der Waals surface area contributed by atoms with Crippen molar-refractivity contribution >= 4 is 46.8 Å². The zero-order valence-corrected chi connectivity index (χ0v) is 17.5. The van der Waals surface area contributed by atoms with Gasteiger partial charge in [-0.2, -0.15) is 0 Å². The van der Waals surface area contributed by atoms with Crippen LogP contribution in [0.5, 0.6) is 0 Å². The molecule has 25 heavy (non-hydrogen) atoms. The molecular formula is C18H27IN4O2. The quantitative estimate of drug-likeness (QED) is 0.353. The fourth-order valence-electron chi connectivity index (χ4n) is 2.26. The van der Waals surface area contributed by atoms with Crippen molar-refractivity contribution in [2.45, 2.75) is 34.2 Å². The third-order valence-corrected chi connectivity index (χ3v) is 4.03. The molecule has 0 unspecified atom stereocenters. The van der Waals surface area contributed by atoms with Gasteiger partial charge in [0.1, 0.15) is 17.9 Å². The van der Waals surface area contributed by atoms with Gasteiger partial charge in [0, 0.05) is 24.0 Å². The Bertz CT molecular complexity index is 753. The van der Waals surface area contributed by atoms with Gasteiger partial charge in [-0.05, 0) is 33.8 Å². The summed E-state index contributed by atoms with van der Waals surface area (Å²) in [6.45, 7) is 9.18. The van der Waals surface area contributed by atoms with Gasteiger partial charge < -0.3 is 20.8 Å². The van der Waals surface area contributed by atoms with Crippen LogP contribution in [-0.2, 0) is 11.3 Å². The molecule has 138 valence electrons. The molecule has 6 nitrogen and oxygen atoms in total. The van der Waals surface area contributed by atoms with E-state index in [-0.39, 0.29) is 29.9 Å². The van der Waals surface area contributed by atoms with Crippen LogP contribution in [0.1, 0.15) is 32.1 Å². The molecule has 0 aliphatic carbocycles. The predicted octanol–water partition coefficient (Wildman–Crippen LogP) is 2.93. The highest BCUT2D eigenvalue weighted by Gasteiger charge is 2.25. The van der Waals surface area contributed by atoms with Crippen molar-refractivity contribution in [1.29, 1.82) is 0 Å². The Morgan fingerprint density at radius 3 is 2.56 bits per heavy atom. The number of carbonyl (C=O) groups excluding carboxylic acids is 1. The molecule has 0 atom stereocenters. The van der Waals surface area contributed by atoms with Crippen molar-refractivity contribution in [3.8, 4) is 0 Å². The Balaban J connectivity index is 0.00000312. The van der Waals surface area contributed by atoms with Crippen LogP contribution in [0.25, 0.3) is 11.0 Å². The third kappa shape index (κ3) is 5.35. The van der Waals surface area contributed by atoms with E-state index in [1.165, 1.54) is 0 Å². The van der Waals surface area contributed by atoms with Crippen molar-refractivity contribution in [2.75, 3.05) is 13.1 Å². The molecule has 0 radical (unpaired) electrons. The average Bonchev–Trinajstić information content (AvgIpc) is 2.87. The minimum Gasteiger partial charge on any atom is -0.459 e. The van der Waals surface area contributed by atoms with E-state index in [2.05, 4.69) is 15.6 Å². The Labute approximate surface area is 165 Å². The number of nitrogens with one attached hydrogen (secondary N) is 2. The summed E-state index contributed by atoms with van der Waals surface area (Å²) in [6, 6.07) is 7.94.